The molecule has 0 unspecified atom stereocenters. The summed E-state index contributed by atoms with van der Waals surface area (Å²) in [7, 11) is 1.58. The normalized spacial score (nSPS) is 16.9. The third-order valence-corrected chi connectivity index (χ3v) is 6.60. The number of hydrogen-bond acceptors (Lipinski definition) is 3. The summed E-state index contributed by atoms with van der Waals surface area (Å²) in [6.07, 6.45) is -1.57. The van der Waals surface area contributed by atoms with Gasteiger partial charge in [-0.15, -0.1) is 0 Å². The molecule has 4 amide bonds. The molecule has 2 fully saturated rings. The van der Waals surface area contributed by atoms with Crippen molar-refractivity contribution in [2.24, 2.45) is 0 Å². The SMILES string of the molecule is [C-]#[N+]c1ccc(N2C(=O)N(c3ccc(CCCC(=O)NC)cc3)C3(CCC3)C2=O)cc1C(F)(F)F. The molecular formula is C25H23F3N4O3. The third kappa shape index (κ3) is 4.22. The van der Waals surface area contributed by atoms with Crippen molar-refractivity contribution in [2.75, 3.05) is 16.8 Å². The number of amides is 4. The van der Waals surface area contributed by atoms with Gasteiger partial charge >= 0.3 is 12.2 Å². The summed E-state index contributed by atoms with van der Waals surface area (Å²) in [5.41, 5.74) is -1.68. The Morgan fingerprint density at radius 2 is 1.77 bits per heavy atom. The number of aryl methyl sites for hydroxylation is 1. The maximum Gasteiger partial charge on any atom is 0.407 e. The second-order valence-electron chi connectivity index (χ2n) is 8.65. The smallest absolute Gasteiger partial charge is 0.359 e. The lowest BCUT2D eigenvalue weighted by Crippen LogP contribution is -2.55. The number of alkyl halides is 3. The number of hydrogen-bond donors (Lipinski definition) is 1. The lowest BCUT2D eigenvalue weighted by atomic mass is 9.75. The predicted molar refractivity (Wildman–Crippen MR) is 123 cm³/mol. The highest BCUT2D eigenvalue weighted by Crippen LogP contribution is 2.48. The van der Waals surface area contributed by atoms with Crippen LogP contribution in [0.2, 0.25) is 0 Å². The zero-order chi connectivity index (χ0) is 25.4. The van der Waals surface area contributed by atoms with Gasteiger partial charge in [-0.05, 0) is 61.9 Å². The van der Waals surface area contributed by atoms with E-state index in [1.54, 1.807) is 19.2 Å². The molecule has 2 aromatic rings. The second-order valence-corrected chi connectivity index (χ2v) is 8.65. The molecule has 0 radical (unpaired) electrons. The monoisotopic (exact) mass is 484 g/mol. The molecule has 10 heteroatoms. The Morgan fingerprint density at radius 1 is 1.11 bits per heavy atom. The van der Waals surface area contributed by atoms with Crippen LogP contribution in [0.3, 0.4) is 0 Å². The minimum atomic E-state index is -4.80. The van der Waals surface area contributed by atoms with E-state index in [0.717, 1.165) is 16.5 Å². The number of benzene rings is 2. The molecule has 0 aromatic heterocycles. The molecule has 1 N–H and O–H groups in total. The van der Waals surface area contributed by atoms with Crippen LogP contribution in [-0.4, -0.2) is 30.4 Å². The number of nitrogens with one attached hydrogen (secondary N) is 1. The van der Waals surface area contributed by atoms with Crippen molar-refractivity contribution in [1.29, 1.82) is 0 Å². The van der Waals surface area contributed by atoms with Crippen molar-refractivity contribution in [3.63, 3.8) is 0 Å². The van der Waals surface area contributed by atoms with Gasteiger partial charge in [0.25, 0.3) is 5.91 Å². The molecule has 1 heterocycles. The lowest BCUT2D eigenvalue weighted by molar-refractivity contribution is -0.137. The maximum atomic E-state index is 13.5. The number of anilines is 2. The molecule has 1 saturated heterocycles. The highest BCUT2D eigenvalue weighted by Gasteiger charge is 2.61. The Balaban J connectivity index is 1.64. The number of halogens is 3. The summed E-state index contributed by atoms with van der Waals surface area (Å²) in [5.74, 6) is -0.611. The quantitative estimate of drug-likeness (QED) is 0.451. The Bertz CT molecular complexity index is 1210. The number of carbonyl (C=O) groups is 3. The fourth-order valence-electron chi connectivity index (χ4n) is 4.59. The van der Waals surface area contributed by atoms with E-state index in [4.69, 9.17) is 6.57 Å². The van der Waals surface area contributed by atoms with E-state index in [0.29, 0.717) is 50.3 Å². The van der Waals surface area contributed by atoms with Crippen LogP contribution in [0.25, 0.3) is 4.85 Å². The fraction of sp³-hybridized carbons (Fsp3) is 0.360. The van der Waals surface area contributed by atoms with Gasteiger partial charge in [0.2, 0.25) is 5.91 Å². The van der Waals surface area contributed by atoms with Crippen molar-refractivity contribution in [3.8, 4) is 0 Å². The fourth-order valence-corrected chi connectivity index (χ4v) is 4.59. The van der Waals surface area contributed by atoms with Gasteiger partial charge in [0.05, 0.1) is 17.8 Å². The van der Waals surface area contributed by atoms with E-state index in [-0.39, 0.29) is 11.6 Å². The zero-order valence-electron chi connectivity index (χ0n) is 19.0. The summed E-state index contributed by atoms with van der Waals surface area (Å²) in [6, 6.07) is 9.22. The summed E-state index contributed by atoms with van der Waals surface area (Å²) in [4.78, 5) is 43.3. The average molecular weight is 484 g/mol. The van der Waals surface area contributed by atoms with E-state index in [1.165, 1.54) is 11.0 Å². The van der Waals surface area contributed by atoms with Crippen molar-refractivity contribution < 1.29 is 27.6 Å². The number of urea groups is 1. The molecule has 1 aliphatic carbocycles. The van der Waals surface area contributed by atoms with Gasteiger partial charge in [0.15, 0.2) is 5.69 Å². The summed E-state index contributed by atoms with van der Waals surface area (Å²) in [5, 5.41) is 2.57. The minimum absolute atomic E-state index is 0.0482. The van der Waals surface area contributed by atoms with Crippen LogP contribution in [-0.2, 0) is 22.2 Å². The van der Waals surface area contributed by atoms with Crippen molar-refractivity contribution in [2.45, 2.75) is 50.2 Å². The van der Waals surface area contributed by atoms with E-state index in [9.17, 15) is 27.6 Å². The summed E-state index contributed by atoms with van der Waals surface area (Å²) < 4.78 is 40.5. The molecule has 7 nitrogen and oxygen atoms in total. The van der Waals surface area contributed by atoms with E-state index >= 15 is 0 Å². The molecule has 1 aliphatic heterocycles. The van der Waals surface area contributed by atoms with Crippen LogP contribution in [0.4, 0.5) is 35.0 Å². The molecule has 4 rings (SSSR count). The van der Waals surface area contributed by atoms with Gasteiger partial charge in [-0.2, -0.15) is 13.2 Å². The van der Waals surface area contributed by atoms with Crippen molar-refractivity contribution in [3.05, 3.63) is 65.0 Å². The van der Waals surface area contributed by atoms with Crippen LogP contribution in [0, 0.1) is 6.57 Å². The Morgan fingerprint density at radius 3 is 2.31 bits per heavy atom. The van der Waals surface area contributed by atoms with Crippen LogP contribution in [0.1, 0.15) is 43.2 Å². The first-order valence-electron chi connectivity index (χ1n) is 11.2. The van der Waals surface area contributed by atoms with Crippen LogP contribution in [0.5, 0.6) is 0 Å². The number of imide groups is 1. The zero-order valence-corrected chi connectivity index (χ0v) is 19.0. The highest BCUT2D eigenvalue weighted by molar-refractivity contribution is 6.30. The minimum Gasteiger partial charge on any atom is -0.359 e. The largest absolute Gasteiger partial charge is 0.407 e. The number of rotatable bonds is 6. The number of carbonyl (C=O) groups excluding carboxylic acids is 3. The van der Waals surface area contributed by atoms with Gasteiger partial charge in [0, 0.05) is 19.2 Å². The number of nitrogens with zero attached hydrogens (tertiary/aromatic N) is 3. The van der Waals surface area contributed by atoms with Gasteiger partial charge in [-0.25, -0.2) is 14.5 Å². The van der Waals surface area contributed by atoms with Crippen LogP contribution in [0.15, 0.2) is 42.5 Å². The second kappa shape index (κ2) is 9.06. The van der Waals surface area contributed by atoms with Crippen LogP contribution >= 0.6 is 0 Å². The molecule has 2 aromatic carbocycles. The first-order chi connectivity index (χ1) is 16.6. The van der Waals surface area contributed by atoms with Crippen molar-refractivity contribution in [1.82, 2.24) is 5.32 Å². The Kier molecular flexibility index (Phi) is 6.28. The average Bonchev–Trinajstić information content (AvgIpc) is 3.05. The van der Waals surface area contributed by atoms with Gasteiger partial charge in [-0.3, -0.25) is 14.5 Å². The molecule has 1 saturated carbocycles. The maximum absolute atomic E-state index is 13.5. The molecule has 35 heavy (non-hydrogen) atoms. The first kappa shape index (κ1) is 24.3. The topological polar surface area (TPSA) is 74.1 Å². The molecule has 2 aliphatic rings. The molecule has 182 valence electrons. The van der Waals surface area contributed by atoms with Gasteiger partial charge < -0.3 is 5.32 Å². The Labute approximate surface area is 200 Å². The van der Waals surface area contributed by atoms with Crippen LogP contribution < -0.4 is 15.1 Å². The van der Waals surface area contributed by atoms with Gasteiger partial charge in [0.1, 0.15) is 5.54 Å². The molecule has 0 bridgehead atoms. The van der Waals surface area contributed by atoms with Crippen molar-refractivity contribution >= 4 is 34.9 Å². The highest BCUT2D eigenvalue weighted by atomic mass is 19.4. The standard InChI is InChI=1S/C25H23F3N4O3/c1-29-20-12-11-18(15-19(20)25(26,27)28)31-22(34)24(13-4-14-24)32(23(31)35)17-9-7-16(8-10-17)5-3-6-21(33)30-2/h7-12,15H,3-6,13-14H2,2H3,(H,30,33). The summed E-state index contributed by atoms with van der Waals surface area (Å²) >= 11 is 0. The summed E-state index contributed by atoms with van der Waals surface area (Å²) in [6.45, 7) is 7.01. The third-order valence-electron chi connectivity index (χ3n) is 6.60. The first-order valence-corrected chi connectivity index (χ1v) is 11.2. The molecule has 0 atom stereocenters. The lowest BCUT2D eigenvalue weighted by Gasteiger charge is -2.42. The van der Waals surface area contributed by atoms with E-state index in [1.807, 2.05) is 12.1 Å². The van der Waals surface area contributed by atoms with E-state index in [2.05, 4.69) is 10.2 Å². The molecule has 1 spiro atoms. The van der Waals surface area contributed by atoms with E-state index < -0.39 is 34.9 Å². The predicted octanol–water partition coefficient (Wildman–Crippen LogP) is 5.22. The molecular weight excluding hydrogens is 461 g/mol. The van der Waals surface area contributed by atoms with Gasteiger partial charge in [-0.1, -0.05) is 18.2 Å². The Hall–Kier alpha value is -3.87.